The maximum absolute atomic E-state index is 13.1. The number of phenols is 2. The number of rotatable bonds is 4. The van der Waals surface area contributed by atoms with Gasteiger partial charge in [-0.3, -0.25) is 4.79 Å². The zero-order valence-corrected chi connectivity index (χ0v) is 11.6. The molecule has 0 aliphatic rings. The van der Waals surface area contributed by atoms with Crippen LogP contribution in [0.15, 0.2) is 41.5 Å². The fourth-order valence-corrected chi connectivity index (χ4v) is 1.67. The maximum Gasteiger partial charge on any atom is 0.275 e. The number of nitrogens with zero attached hydrogens (tertiary/aromatic N) is 1. The molecule has 0 atom stereocenters. The van der Waals surface area contributed by atoms with E-state index in [0.29, 0.717) is 11.3 Å². The van der Waals surface area contributed by atoms with Crippen molar-refractivity contribution in [1.29, 1.82) is 0 Å². The second kappa shape index (κ2) is 6.57. The summed E-state index contributed by atoms with van der Waals surface area (Å²) >= 11 is 0. The van der Waals surface area contributed by atoms with Gasteiger partial charge in [0.05, 0.1) is 18.9 Å². The van der Waals surface area contributed by atoms with E-state index in [-0.39, 0.29) is 17.1 Å². The molecule has 0 unspecified atom stereocenters. The average molecular weight is 304 g/mol. The smallest absolute Gasteiger partial charge is 0.275 e. The fourth-order valence-electron chi connectivity index (χ4n) is 1.67. The van der Waals surface area contributed by atoms with Crippen molar-refractivity contribution >= 4 is 12.1 Å². The molecular formula is C15H13FN2O4. The van der Waals surface area contributed by atoms with Gasteiger partial charge in [-0.05, 0) is 36.4 Å². The van der Waals surface area contributed by atoms with Gasteiger partial charge in [0.25, 0.3) is 5.91 Å². The van der Waals surface area contributed by atoms with Crippen LogP contribution >= 0.6 is 0 Å². The lowest BCUT2D eigenvalue weighted by Gasteiger charge is -2.04. The zero-order valence-electron chi connectivity index (χ0n) is 11.6. The van der Waals surface area contributed by atoms with Crippen molar-refractivity contribution in [3.05, 3.63) is 53.3 Å². The largest absolute Gasteiger partial charge is 0.507 e. The predicted octanol–water partition coefficient (Wildman–Crippen LogP) is 2.01. The van der Waals surface area contributed by atoms with E-state index in [4.69, 9.17) is 4.74 Å². The number of hydrogen-bond acceptors (Lipinski definition) is 5. The molecule has 2 aromatic carbocycles. The third-order valence-electron chi connectivity index (χ3n) is 2.81. The van der Waals surface area contributed by atoms with Crippen molar-refractivity contribution in [3.8, 4) is 17.2 Å². The van der Waals surface area contributed by atoms with E-state index in [2.05, 4.69) is 10.5 Å². The molecule has 22 heavy (non-hydrogen) atoms. The fraction of sp³-hybridized carbons (Fsp3) is 0.0667. The number of carbonyl (C=O) groups excluding carboxylic acids is 1. The minimum absolute atomic E-state index is 0.0487. The SMILES string of the molecule is COc1ccc(O)c(C=NNC(=O)c2cc(F)ccc2O)c1. The van der Waals surface area contributed by atoms with Crippen LogP contribution in [-0.2, 0) is 0 Å². The highest BCUT2D eigenvalue weighted by Gasteiger charge is 2.11. The van der Waals surface area contributed by atoms with Crippen LogP contribution in [0.2, 0.25) is 0 Å². The van der Waals surface area contributed by atoms with Gasteiger partial charge < -0.3 is 14.9 Å². The first kappa shape index (κ1) is 15.3. The Morgan fingerprint density at radius 2 is 1.95 bits per heavy atom. The molecule has 2 rings (SSSR count). The van der Waals surface area contributed by atoms with Crippen LogP contribution in [0, 0.1) is 5.82 Å². The molecule has 0 spiro atoms. The third kappa shape index (κ3) is 3.51. The number of methoxy groups -OCH3 is 1. The van der Waals surface area contributed by atoms with E-state index in [9.17, 15) is 19.4 Å². The van der Waals surface area contributed by atoms with Crippen LogP contribution in [0.3, 0.4) is 0 Å². The quantitative estimate of drug-likeness (QED) is 0.595. The molecule has 6 nitrogen and oxygen atoms in total. The Labute approximate surface area is 125 Å². The van der Waals surface area contributed by atoms with Gasteiger partial charge in [-0.1, -0.05) is 0 Å². The van der Waals surface area contributed by atoms with Crippen molar-refractivity contribution in [3.63, 3.8) is 0 Å². The van der Waals surface area contributed by atoms with Gasteiger partial charge in [0, 0.05) is 5.56 Å². The van der Waals surface area contributed by atoms with E-state index in [0.717, 1.165) is 18.2 Å². The Balaban J connectivity index is 2.12. The molecule has 0 aliphatic carbocycles. The minimum Gasteiger partial charge on any atom is -0.507 e. The molecule has 0 aromatic heterocycles. The molecule has 0 saturated carbocycles. The summed E-state index contributed by atoms with van der Waals surface area (Å²) in [6, 6.07) is 7.50. The van der Waals surface area contributed by atoms with E-state index in [1.807, 2.05) is 0 Å². The van der Waals surface area contributed by atoms with Crippen molar-refractivity contribution in [2.45, 2.75) is 0 Å². The highest BCUT2D eigenvalue weighted by molar-refractivity contribution is 5.97. The standard InChI is InChI=1S/C15H13FN2O4/c1-22-11-3-5-13(19)9(6-11)8-17-18-15(21)12-7-10(16)2-4-14(12)20/h2-8,19-20H,1H3,(H,18,21). The maximum atomic E-state index is 13.1. The minimum atomic E-state index is -0.782. The third-order valence-corrected chi connectivity index (χ3v) is 2.81. The number of amides is 1. The molecular weight excluding hydrogens is 291 g/mol. The molecule has 114 valence electrons. The summed E-state index contributed by atoms with van der Waals surface area (Å²) in [6.07, 6.45) is 1.20. The van der Waals surface area contributed by atoms with Gasteiger partial charge >= 0.3 is 0 Å². The summed E-state index contributed by atoms with van der Waals surface area (Å²) in [5.74, 6) is -1.34. The topological polar surface area (TPSA) is 91.2 Å². The molecule has 1 amide bonds. The second-order valence-corrected chi connectivity index (χ2v) is 4.29. The molecule has 2 aromatic rings. The van der Waals surface area contributed by atoms with E-state index < -0.39 is 11.7 Å². The predicted molar refractivity (Wildman–Crippen MR) is 77.8 cm³/mol. The van der Waals surface area contributed by atoms with Gasteiger partial charge in [-0.25, -0.2) is 9.82 Å². The lowest BCUT2D eigenvalue weighted by molar-refractivity contribution is 0.0952. The number of carbonyl (C=O) groups is 1. The monoisotopic (exact) mass is 304 g/mol. The van der Waals surface area contributed by atoms with E-state index in [1.54, 1.807) is 6.07 Å². The van der Waals surface area contributed by atoms with Gasteiger partial charge in [0.1, 0.15) is 23.1 Å². The van der Waals surface area contributed by atoms with Crippen LogP contribution < -0.4 is 10.2 Å². The van der Waals surface area contributed by atoms with Gasteiger partial charge in [-0.15, -0.1) is 0 Å². The lowest BCUT2D eigenvalue weighted by atomic mass is 10.2. The number of aromatic hydroxyl groups is 2. The van der Waals surface area contributed by atoms with Crippen LogP contribution in [0.1, 0.15) is 15.9 Å². The van der Waals surface area contributed by atoms with Crippen LogP contribution in [-0.4, -0.2) is 29.4 Å². The molecule has 0 heterocycles. The van der Waals surface area contributed by atoms with Crippen molar-refractivity contribution in [2.24, 2.45) is 5.10 Å². The van der Waals surface area contributed by atoms with Crippen LogP contribution in [0.5, 0.6) is 17.2 Å². The molecule has 7 heteroatoms. The number of phenolic OH excluding ortho intramolecular Hbond substituents is 2. The number of hydrogen-bond donors (Lipinski definition) is 3. The summed E-state index contributed by atoms with van der Waals surface area (Å²) in [4.78, 5) is 11.8. The molecule has 0 radical (unpaired) electrons. The Hall–Kier alpha value is -3.09. The highest BCUT2D eigenvalue weighted by atomic mass is 19.1. The summed E-state index contributed by atoms with van der Waals surface area (Å²) in [5, 5.41) is 22.8. The molecule has 3 N–H and O–H groups in total. The number of ether oxygens (including phenoxy) is 1. The summed E-state index contributed by atoms with van der Waals surface area (Å²) in [6.45, 7) is 0. The van der Waals surface area contributed by atoms with E-state index in [1.165, 1.54) is 25.5 Å². The second-order valence-electron chi connectivity index (χ2n) is 4.29. The van der Waals surface area contributed by atoms with E-state index >= 15 is 0 Å². The van der Waals surface area contributed by atoms with Crippen LogP contribution in [0.25, 0.3) is 0 Å². The Bertz CT molecular complexity index is 731. The molecule has 0 aliphatic heterocycles. The average Bonchev–Trinajstić information content (AvgIpc) is 2.51. The first-order valence-electron chi connectivity index (χ1n) is 6.20. The Morgan fingerprint density at radius 3 is 2.68 bits per heavy atom. The molecule has 0 fully saturated rings. The van der Waals surface area contributed by atoms with Gasteiger partial charge in [0.15, 0.2) is 0 Å². The van der Waals surface area contributed by atoms with Gasteiger partial charge in [0.2, 0.25) is 0 Å². The summed E-state index contributed by atoms with van der Waals surface area (Å²) < 4.78 is 18.1. The number of nitrogens with one attached hydrogen (secondary N) is 1. The van der Waals surface area contributed by atoms with Crippen LogP contribution in [0.4, 0.5) is 4.39 Å². The zero-order chi connectivity index (χ0) is 16.1. The number of halogens is 1. The van der Waals surface area contributed by atoms with Crippen molar-refractivity contribution < 1.29 is 24.1 Å². The lowest BCUT2D eigenvalue weighted by Crippen LogP contribution is -2.18. The Kier molecular flexibility index (Phi) is 4.57. The first-order valence-corrected chi connectivity index (χ1v) is 6.20. The number of hydrazone groups is 1. The van der Waals surface area contributed by atoms with Crippen molar-refractivity contribution in [2.75, 3.05) is 7.11 Å². The summed E-state index contributed by atoms with van der Waals surface area (Å²) in [7, 11) is 1.47. The van der Waals surface area contributed by atoms with Crippen molar-refractivity contribution in [1.82, 2.24) is 5.43 Å². The Morgan fingerprint density at radius 1 is 1.23 bits per heavy atom. The first-order chi connectivity index (χ1) is 10.5. The molecule has 0 bridgehead atoms. The number of benzene rings is 2. The highest BCUT2D eigenvalue weighted by Crippen LogP contribution is 2.21. The molecule has 0 saturated heterocycles. The van der Waals surface area contributed by atoms with Gasteiger partial charge in [-0.2, -0.15) is 5.10 Å². The summed E-state index contributed by atoms with van der Waals surface area (Å²) in [5.41, 5.74) is 2.21. The normalized spacial score (nSPS) is 10.6.